The molecule has 0 amide bonds. The highest BCUT2D eigenvalue weighted by atomic mass is 127. The Balaban J connectivity index is 1.84. The summed E-state index contributed by atoms with van der Waals surface area (Å²) in [6, 6.07) is 0. The molecule has 5 heteroatoms. The van der Waals surface area contributed by atoms with Gasteiger partial charge in [-0.25, -0.2) is 0 Å². The van der Waals surface area contributed by atoms with Gasteiger partial charge in [-0.05, 0) is 70.5 Å². The number of ether oxygens (including phenoxy) is 2. The predicted octanol–water partition coefficient (Wildman–Crippen LogP) is 6.85. The van der Waals surface area contributed by atoms with Gasteiger partial charge in [-0.3, -0.25) is 9.59 Å². The number of fused-ring (bicyclic) bond motifs is 1. The molecule has 0 aromatic carbocycles. The summed E-state index contributed by atoms with van der Waals surface area (Å²) < 4.78 is 13.1. The molecule has 3 aliphatic carbocycles. The fourth-order valence-electron chi connectivity index (χ4n) is 6.47. The van der Waals surface area contributed by atoms with Crippen LogP contribution < -0.4 is 0 Å². The maximum absolute atomic E-state index is 11.6. The van der Waals surface area contributed by atoms with Gasteiger partial charge in [0.25, 0.3) is 0 Å². The maximum Gasteiger partial charge on any atom is 0.303 e. The zero-order chi connectivity index (χ0) is 23.5. The van der Waals surface area contributed by atoms with E-state index in [9.17, 15) is 9.59 Å². The molecule has 3 fully saturated rings. The third-order valence-corrected chi connectivity index (χ3v) is 8.33. The van der Waals surface area contributed by atoms with E-state index in [2.05, 4.69) is 65.3 Å². The molecule has 0 saturated heterocycles. The van der Waals surface area contributed by atoms with Crippen molar-refractivity contribution in [1.82, 2.24) is 0 Å². The number of esters is 2. The van der Waals surface area contributed by atoms with Crippen LogP contribution in [0.1, 0.15) is 72.6 Å². The summed E-state index contributed by atoms with van der Waals surface area (Å²) >= 11 is 2.33. The van der Waals surface area contributed by atoms with Crippen LogP contribution >= 0.6 is 22.6 Å². The lowest BCUT2D eigenvalue weighted by Crippen LogP contribution is -2.35. The summed E-state index contributed by atoms with van der Waals surface area (Å²) in [5, 5.41) is 0. The molecule has 0 aliphatic heterocycles. The molecule has 3 aliphatic rings. The molecule has 4 nitrogen and oxygen atoms in total. The van der Waals surface area contributed by atoms with E-state index in [0.29, 0.717) is 30.1 Å². The lowest BCUT2D eigenvalue weighted by atomic mass is 9.61. The van der Waals surface area contributed by atoms with E-state index >= 15 is 0 Å². The summed E-state index contributed by atoms with van der Waals surface area (Å²) in [5.74, 6) is 1.30. The zero-order valence-electron chi connectivity index (χ0n) is 19.9. The molecule has 0 unspecified atom stereocenters. The third-order valence-electron chi connectivity index (χ3n) is 7.91. The fraction of sp³-hybridized carbons (Fsp3) is 0.630. The third kappa shape index (κ3) is 5.57. The van der Waals surface area contributed by atoms with Crippen molar-refractivity contribution in [2.75, 3.05) is 0 Å². The second kappa shape index (κ2) is 10.7. The van der Waals surface area contributed by atoms with Gasteiger partial charge in [0, 0.05) is 26.7 Å². The Hall–Kier alpha value is -1.37. The molecule has 0 spiro atoms. The van der Waals surface area contributed by atoms with Gasteiger partial charge in [-0.2, -0.15) is 0 Å². The van der Waals surface area contributed by atoms with Crippen LogP contribution in [0.3, 0.4) is 0 Å². The second-order valence-electron chi connectivity index (χ2n) is 10.0. The van der Waals surface area contributed by atoms with E-state index in [0.717, 1.165) is 23.5 Å². The standard InChI is InChI=1S/C27H37IO4/c1-17(12-14-28)24-10-11-25-21(7-6-13-27(24,25)5)8-9-22-15-23(31-19(3)29)16-26(18(22)2)32-20(4)30/h8-9,12,14,17,23-26H,2,6-7,10-11,13,15-16H2,1,3-5H3/b14-12+,21-8+,22-9-/t17-,23-,24-,25+,26+,27-/m1/s1. The quantitative estimate of drug-likeness (QED) is 0.277. The monoisotopic (exact) mass is 552 g/mol. The number of rotatable bonds is 5. The Labute approximate surface area is 206 Å². The largest absolute Gasteiger partial charge is 0.462 e. The van der Waals surface area contributed by atoms with Gasteiger partial charge in [0.05, 0.1) is 0 Å². The fourth-order valence-corrected chi connectivity index (χ4v) is 7.12. The van der Waals surface area contributed by atoms with Crippen molar-refractivity contribution in [1.29, 1.82) is 0 Å². The van der Waals surface area contributed by atoms with Gasteiger partial charge in [0.2, 0.25) is 0 Å². The minimum absolute atomic E-state index is 0.291. The molecular weight excluding hydrogens is 515 g/mol. The SMILES string of the molecule is C=C1/C(=C\C=C2/CCC[C@]3(C)[C@@H]([C@H](C)/C=C/I)CC[C@@H]23)C[C@@H](OC(C)=O)C[C@@H]1OC(C)=O. The summed E-state index contributed by atoms with van der Waals surface area (Å²) in [6.45, 7) is 11.9. The Morgan fingerprint density at radius 2 is 1.91 bits per heavy atom. The average Bonchev–Trinajstić information content (AvgIpc) is 3.06. The summed E-state index contributed by atoms with van der Waals surface area (Å²) in [4.78, 5) is 23.1. The number of allylic oxidation sites excluding steroid dienone is 4. The molecule has 0 N–H and O–H groups in total. The first-order chi connectivity index (χ1) is 15.2. The summed E-state index contributed by atoms with van der Waals surface area (Å²) in [6.07, 6.45) is 13.4. The lowest BCUT2D eigenvalue weighted by Gasteiger charge is -2.44. The van der Waals surface area contributed by atoms with Gasteiger partial charge in [0.1, 0.15) is 12.2 Å². The highest BCUT2D eigenvalue weighted by Gasteiger charge is 2.50. The van der Waals surface area contributed by atoms with Crippen molar-refractivity contribution in [3.8, 4) is 0 Å². The van der Waals surface area contributed by atoms with Gasteiger partial charge in [0.15, 0.2) is 0 Å². The van der Waals surface area contributed by atoms with Gasteiger partial charge < -0.3 is 9.47 Å². The van der Waals surface area contributed by atoms with Crippen LogP contribution in [0.15, 0.2) is 45.6 Å². The van der Waals surface area contributed by atoms with Crippen LogP contribution in [-0.4, -0.2) is 24.1 Å². The predicted molar refractivity (Wildman–Crippen MR) is 136 cm³/mol. The number of carbonyl (C=O) groups excluding carboxylic acids is 2. The van der Waals surface area contributed by atoms with E-state index in [1.807, 2.05) is 0 Å². The summed E-state index contributed by atoms with van der Waals surface area (Å²) in [5.41, 5.74) is 3.72. The van der Waals surface area contributed by atoms with E-state index in [4.69, 9.17) is 9.47 Å². The number of hydrogen-bond acceptors (Lipinski definition) is 4. The van der Waals surface area contributed by atoms with E-state index in [-0.39, 0.29) is 18.0 Å². The Kier molecular flexibility index (Phi) is 8.45. The second-order valence-corrected chi connectivity index (χ2v) is 10.7. The first-order valence-electron chi connectivity index (χ1n) is 11.9. The van der Waals surface area contributed by atoms with Gasteiger partial charge in [-0.1, -0.05) is 66.8 Å². The van der Waals surface area contributed by atoms with Crippen LogP contribution in [-0.2, 0) is 19.1 Å². The first-order valence-corrected chi connectivity index (χ1v) is 13.1. The Morgan fingerprint density at radius 1 is 1.19 bits per heavy atom. The van der Waals surface area contributed by atoms with E-state index in [1.54, 1.807) is 0 Å². The molecule has 0 heterocycles. The molecule has 6 atom stereocenters. The minimum Gasteiger partial charge on any atom is -0.462 e. The number of hydrogen-bond donors (Lipinski definition) is 0. The van der Waals surface area contributed by atoms with Crippen molar-refractivity contribution >= 4 is 34.5 Å². The molecule has 0 aromatic rings. The van der Waals surface area contributed by atoms with Gasteiger partial charge >= 0.3 is 11.9 Å². The highest BCUT2D eigenvalue weighted by Crippen LogP contribution is 2.59. The highest BCUT2D eigenvalue weighted by molar-refractivity contribution is 14.1. The van der Waals surface area contributed by atoms with Crippen molar-refractivity contribution in [3.05, 3.63) is 45.6 Å². The molecule has 3 saturated carbocycles. The first kappa shape index (κ1) is 25.3. The van der Waals surface area contributed by atoms with Crippen LogP contribution in [0, 0.1) is 23.2 Å². The van der Waals surface area contributed by atoms with E-state index in [1.165, 1.54) is 45.1 Å². The molecule has 0 aromatic heterocycles. The molecule has 176 valence electrons. The molecule has 0 radical (unpaired) electrons. The van der Waals surface area contributed by atoms with Gasteiger partial charge in [-0.15, -0.1) is 0 Å². The van der Waals surface area contributed by atoms with Crippen LogP contribution in [0.2, 0.25) is 0 Å². The molecule has 32 heavy (non-hydrogen) atoms. The van der Waals surface area contributed by atoms with Crippen molar-refractivity contribution in [3.63, 3.8) is 0 Å². The van der Waals surface area contributed by atoms with Crippen molar-refractivity contribution < 1.29 is 19.1 Å². The number of halogens is 1. The van der Waals surface area contributed by atoms with Crippen molar-refractivity contribution in [2.24, 2.45) is 23.2 Å². The molecular formula is C27H37IO4. The summed E-state index contributed by atoms with van der Waals surface area (Å²) in [7, 11) is 0. The topological polar surface area (TPSA) is 52.6 Å². The Bertz CT molecular complexity index is 839. The normalized spacial score (nSPS) is 36.3. The van der Waals surface area contributed by atoms with Crippen molar-refractivity contribution in [2.45, 2.75) is 84.8 Å². The van der Waals surface area contributed by atoms with Crippen LogP contribution in [0.5, 0.6) is 0 Å². The molecule has 3 rings (SSSR count). The maximum atomic E-state index is 11.6. The zero-order valence-corrected chi connectivity index (χ0v) is 22.0. The Morgan fingerprint density at radius 3 is 2.56 bits per heavy atom. The number of carbonyl (C=O) groups is 2. The van der Waals surface area contributed by atoms with E-state index < -0.39 is 6.10 Å². The minimum atomic E-state index is -0.441. The van der Waals surface area contributed by atoms with Crippen LogP contribution in [0.4, 0.5) is 0 Å². The lowest BCUT2D eigenvalue weighted by molar-refractivity contribution is -0.152. The van der Waals surface area contributed by atoms with Crippen LogP contribution in [0.25, 0.3) is 0 Å². The average molecular weight is 552 g/mol. The smallest absolute Gasteiger partial charge is 0.303 e. The molecule has 0 bridgehead atoms.